The number of benzene rings is 2. The zero-order valence-corrected chi connectivity index (χ0v) is 21.6. The van der Waals surface area contributed by atoms with E-state index in [4.69, 9.17) is 9.47 Å². The third kappa shape index (κ3) is 5.12. The fourth-order valence-corrected chi connectivity index (χ4v) is 5.10. The minimum Gasteiger partial charge on any atom is -0.507 e. The Labute approximate surface area is 213 Å². The van der Waals surface area contributed by atoms with Crippen molar-refractivity contribution in [2.24, 2.45) is 0 Å². The van der Waals surface area contributed by atoms with Crippen LogP contribution < -0.4 is 9.47 Å². The lowest BCUT2D eigenvalue weighted by molar-refractivity contribution is -0.140. The Bertz CT molecular complexity index is 1140. The number of carbonyl (C=O) groups excluding carboxylic acids is 2. The average Bonchev–Trinajstić information content (AvgIpc) is 3.37. The molecule has 0 aromatic heterocycles. The SMILES string of the molecule is CCOc1ccc([C@H]2C(=C(O)c3ccc4c(c3)C[C@H](C)O4)C(=O)C(=O)N2CCCN(CC)CC)cc1. The summed E-state index contributed by atoms with van der Waals surface area (Å²) in [7, 11) is 0. The van der Waals surface area contributed by atoms with Gasteiger partial charge in [-0.05, 0) is 81.4 Å². The Morgan fingerprint density at radius 1 is 1.11 bits per heavy atom. The highest BCUT2D eigenvalue weighted by molar-refractivity contribution is 6.46. The molecule has 0 aliphatic carbocycles. The molecule has 7 nitrogen and oxygen atoms in total. The number of fused-ring (bicyclic) bond motifs is 1. The van der Waals surface area contributed by atoms with Crippen molar-refractivity contribution in [3.63, 3.8) is 0 Å². The van der Waals surface area contributed by atoms with Gasteiger partial charge in [0, 0.05) is 18.5 Å². The summed E-state index contributed by atoms with van der Waals surface area (Å²) in [5.74, 6) is 0.125. The minimum absolute atomic E-state index is 0.0673. The second kappa shape index (κ2) is 11.2. The van der Waals surface area contributed by atoms with Crippen molar-refractivity contribution < 1.29 is 24.2 Å². The number of hydrogen-bond donors (Lipinski definition) is 1. The highest BCUT2D eigenvalue weighted by atomic mass is 16.5. The molecule has 4 rings (SSSR count). The fraction of sp³-hybridized carbons (Fsp3) is 0.448. The van der Waals surface area contributed by atoms with Gasteiger partial charge >= 0.3 is 0 Å². The number of ether oxygens (including phenoxy) is 2. The molecule has 2 aliphatic rings. The van der Waals surface area contributed by atoms with Gasteiger partial charge < -0.3 is 24.4 Å². The molecule has 0 radical (unpaired) electrons. The van der Waals surface area contributed by atoms with Crippen molar-refractivity contribution in [1.29, 1.82) is 0 Å². The topological polar surface area (TPSA) is 79.3 Å². The Hall–Kier alpha value is -3.32. The van der Waals surface area contributed by atoms with Gasteiger partial charge in [0.2, 0.25) is 0 Å². The van der Waals surface area contributed by atoms with Crippen LogP contribution in [0.4, 0.5) is 0 Å². The third-order valence-electron chi connectivity index (χ3n) is 6.98. The second-order valence-corrected chi connectivity index (χ2v) is 9.33. The van der Waals surface area contributed by atoms with Crippen molar-refractivity contribution in [3.8, 4) is 11.5 Å². The molecular weight excluding hydrogens is 456 g/mol. The molecular formula is C29H36N2O5. The Balaban J connectivity index is 1.72. The largest absolute Gasteiger partial charge is 0.507 e. The van der Waals surface area contributed by atoms with Gasteiger partial charge in [0.15, 0.2) is 0 Å². The summed E-state index contributed by atoms with van der Waals surface area (Å²) in [5, 5.41) is 11.4. The van der Waals surface area contributed by atoms with Crippen LogP contribution in [0.2, 0.25) is 0 Å². The lowest BCUT2D eigenvalue weighted by Crippen LogP contribution is -2.33. The van der Waals surface area contributed by atoms with E-state index in [1.165, 1.54) is 0 Å². The van der Waals surface area contributed by atoms with Crippen molar-refractivity contribution in [3.05, 3.63) is 64.7 Å². The summed E-state index contributed by atoms with van der Waals surface area (Å²) in [6.45, 7) is 11.8. The number of aliphatic hydroxyl groups excluding tert-OH is 1. The molecule has 1 amide bonds. The van der Waals surface area contributed by atoms with E-state index < -0.39 is 17.7 Å². The molecule has 2 aromatic rings. The van der Waals surface area contributed by atoms with Crippen LogP contribution in [0.25, 0.3) is 5.76 Å². The summed E-state index contributed by atoms with van der Waals surface area (Å²) < 4.78 is 11.4. The van der Waals surface area contributed by atoms with Gasteiger partial charge in [-0.2, -0.15) is 0 Å². The lowest BCUT2D eigenvalue weighted by Gasteiger charge is -2.27. The van der Waals surface area contributed by atoms with Gasteiger partial charge in [-0.15, -0.1) is 0 Å². The molecule has 1 fully saturated rings. The Morgan fingerprint density at radius 2 is 1.83 bits per heavy atom. The number of hydrogen-bond acceptors (Lipinski definition) is 6. The molecule has 1 saturated heterocycles. The summed E-state index contributed by atoms with van der Waals surface area (Å²) >= 11 is 0. The first-order valence-electron chi connectivity index (χ1n) is 12.9. The van der Waals surface area contributed by atoms with E-state index in [9.17, 15) is 14.7 Å². The lowest BCUT2D eigenvalue weighted by atomic mass is 9.94. The fourth-order valence-electron chi connectivity index (χ4n) is 5.10. The van der Waals surface area contributed by atoms with Gasteiger partial charge in [0.05, 0.1) is 18.2 Å². The first-order valence-corrected chi connectivity index (χ1v) is 12.9. The number of carbonyl (C=O) groups is 2. The highest BCUT2D eigenvalue weighted by Crippen LogP contribution is 2.41. The summed E-state index contributed by atoms with van der Waals surface area (Å²) in [6.07, 6.45) is 1.53. The van der Waals surface area contributed by atoms with Crippen molar-refractivity contribution >= 4 is 17.4 Å². The van der Waals surface area contributed by atoms with E-state index in [0.29, 0.717) is 24.5 Å². The van der Waals surface area contributed by atoms with E-state index in [-0.39, 0.29) is 17.4 Å². The minimum atomic E-state index is -0.666. The van der Waals surface area contributed by atoms with Crippen LogP contribution in [0.15, 0.2) is 48.0 Å². The molecule has 0 unspecified atom stereocenters. The van der Waals surface area contributed by atoms with Crippen LogP contribution in [0.3, 0.4) is 0 Å². The molecule has 2 atom stereocenters. The smallest absolute Gasteiger partial charge is 0.295 e. The second-order valence-electron chi connectivity index (χ2n) is 9.33. The molecule has 0 spiro atoms. The maximum absolute atomic E-state index is 13.3. The summed E-state index contributed by atoms with van der Waals surface area (Å²) in [4.78, 5) is 30.4. The molecule has 36 heavy (non-hydrogen) atoms. The Morgan fingerprint density at radius 3 is 2.50 bits per heavy atom. The van der Waals surface area contributed by atoms with E-state index >= 15 is 0 Å². The Kier molecular flexibility index (Phi) is 7.99. The molecule has 0 bridgehead atoms. The number of likely N-dealkylation sites (tertiary alicyclic amines) is 1. The summed E-state index contributed by atoms with van der Waals surface area (Å²) in [6, 6.07) is 12.2. The van der Waals surface area contributed by atoms with Gasteiger partial charge in [0.1, 0.15) is 23.4 Å². The van der Waals surface area contributed by atoms with E-state index in [1.807, 2.05) is 50.2 Å². The molecule has 2 aliphatic heterocycles. The number of Topliss-reactive ketones (excluding diaryl/α,β-unsaturated/α-hetero) is 1. The van der Waals surface area contributed by atoms with Crippen LogP contribution in [-0.2, 0) is 16.0 Å². The van der Waals surface area contributed by atoms with Crippen LogP contribution in [0.5, 0.6) is 11.5 Å². The normalized spacial score (nSPS) is 20.6. The van der Waals surface area contributed by atoms with E-state index in [2.05, 4.69) is 18.7 Å². The monoisotopic (exact) mass is 492 g/mol. The van der Waals surface area contributed by atoms with Gasteiger partial charge in [-0.1, -0.05) is 26.0 Å². The van der Waals surface area contributed by atoms with E-state index in [0.717, 1.165) is 49.4 Å². The van der Waals surface area contributed by atoms with Gasteiger partial charge in [-0.25, -0.2) is 0 Å². The van der Waals surface area contributed by atoms with Crippen molar-refractivity contribution in [2.75, 3.05) is 32.8 Å². The number of rotatable bonds is 10. The molecule has 192 valence electrons. The predicted octanol–water partition coefficient (Wildman–Crippen LogP) is 4.56. The molecule has 0 saturated carbocycles. The van der Waals surface area contributed by atoms with Crippen LogP contribution in [0, 0.1) is 0 Å². The predicted molar refractivity (Wildman–Crippen MR) is 139 cm³/mol. The third-order valence-corrected chi connectivity index (χ3v) is 6.98. The zero-order chi connectivity index (χ0) is 25.8. The van der Waals surface area contributed by atoms with Gasteiger partial charge in [-0.3, -0.25) is 9.59 Å². The van der Waals surface area contributed by atoms with Crippen LogP contribution in [-0.4, -0.2) is 65.5 Å². The average molecular weight is 493 g/mol. The molecule has 2 heterocycles. The van der Waals surface area contributed by atoms with E-state index in [1.54, 1.807) is 11.0 Å². The van der Waals surface area contributed by atoms with Crippen LogP contribution >= 0.6 is 0 Å². The highest BCUT2D eigenvalue weighted by Gasteiger charge is 2.46. The van der Waals surface area contributed by atoms with Crippen molar-refractivity contribution in [2.45, 2.75) is 52.7 Å². The summed E-state index contributed by atoms with van der Waals surface area (Å²) in [5.41, 5.74) is 2.39. The van der Waals surface area contributed by atoms with Crippen molar-refractivity contribution in [1.82, 2.24) is 9.80 Å². The maximum atomic E-state index is 13.3. The van der Waals surface area contributed by atoms with Gasteiger partial charge in [0.25, 0.3) is 11.7 Å². The number of nitrogens with zero attached hydrogens (tertiary/aromatic N) is 2. The number of aliphatic hydroxyl groups is 1. The standard InChI is InChI=1S/C29H36N2O5/c1-5-30(6-2)15-8-16-31-26(20-9-12-23(13-10-20)35-7-3)25(28(33)29(31)34)27(32)21-11-14-24-22(18-21)17-19(4)36-24/h9-14,18-19,26,32H,5-8,15-17H2,1-4H3/t19-,26-/m0/s1. The molecule has 7 heteroatoms. The quantitative estimate of drug-likeness (QED) is 0.298. The first kappa shape index (κ1) is 25.8. The number of ketones is 1. The number of amides is 1. The zero-order valence-electron chi connectivity index (χ0n) is 21.6. The van der Waals surface area contributed by atoms with Crippen LogP contribution in [0.1, 0.15) is 56.8 Å². The molecule has 1 N–H and O–H groups in total. The maximum Gasteiger partial charge on any atom is 0.295 e. The first-order chi connectivity index (χ1) is 17.4. The molecule has 2 aromatic carbocycles.